The third-order valence-corrected chi connectivity index (χ3v) is 7.79. The van der Waals surface area contributed by atoms with Gasteiger partial charge in [-0.2, -0.15) is 0 Å². The summed E-state index contributed by atoms with van der Waals surface area (Å²) < 4.78 is 11.8. The van der Waals surface area contributed by atoms with Gasteiger partial charge in [-0.3, -0.25) is 9.59 Å². The van der Waals surface area contributed by atoms with Crippen LogP contribution in [0.5, 0.6) is 0 Å². The Kier molecular flexibility index (Phi) is 8.99. The lowest BCUT2D eigenvalue weighted by atomic mass is 9.98. The molecule has 3 aromatic carbocycles. The zero-order valence-electron chi connectivity index (χ0n) is 23.2. The molecule has 0 saturated heterocycles. The first-order valence-electron chi connectivity index (χ1n) is 14.2. The number of ether oxygens (including phenoxy) is 2. The molecule has 2 aliphatic carbocycles. The van der Waals surface area contributed by atoms with Gasteiger partial charge < -0.3 is 24.8 Å². The van der Waals surface area contributed by atoms with E-state index in [0.29, 0.717) is 12.5 Å². The van der Waals surface area contributed by atoms with E-state index in [0.717, 1.165) is 40.7 Å². The molecule has 0 bridgehead atoms. The molecular weight excluding hydrogens is 520 g/mol. The first-order chi connectivity index (χ1) is 19.9. The summed E-state index contributed by atoms with van der Waals surface area (Å²) in [6, 6.07) is 24.7. The van der Waals surface area contributed by atoms with E-state index in [2.05, 4.69) is 17.4 Å². The summed E-state index contributed by atoms with van der Waals surface area (Å²) in [5, 5.41) is 12.0. The van der Waals surface area contributed by atoms with Crippen molar-refractivity contribution in [3.8, 4) is 11.1 Å². The molecule has 2 atom stereocenters. The molecule has 2 N–H and O–H groups in total. The van der Waals surface area contributed by atoms with E-state index >= 15 is 0 Å². The molecule has 8 heteroatoms. The van der Waals surface area contributed by atoms with Crippen LogP contribution in [0, 0.1) is 5.92 Å². The predicted octanol–water partition coefficient (Wildman–Crippen LogP) is 5.21. The number of nitrogens with zero attached hydrogens (tertiary/aromatic N) is 1. The molecule has 2 amide bonds. The maximum absolute atomic E-state index is 13.8. The molecule has 2 aliphatic rings. The molecule has 8 nitrogen and oxygen atoms in total. The van der Waals surface area contributed by atoms with Crippen molar-refractivity contribution in [3.05, 3.63) is 95.6 Å². The number of carboxylic acid groups (broad SMARTS) is 1. The minimum absolute atomic E-state index is 0.0684. The number of benzene rings is 3. The highest BCUT2D eigenvalue weighted by Crippen LogP contribution is 2.44. The van der Waals surface area contributed by atoms with E-state index in [-0.39, 0.29) is 38.0 Å². The standard InChI is InChI=1S/C33H36N2O6/c1-22(40-20-24-9-3-2-4-10-24)31(32(38)35(18-17-30(36)37)19-23-15-16-23)34-33(39)41-21-29-27-13-7-5-11-25(27)26-12-6-8-14-28(26)29/h2-14,22-23,29,31H,15-21H2,1H3,(H,34,39)(H,36,37). The Morgan fingerprint density at radius 3 is 2.15 bits per heavy atom. The van der Waals surface area contributed by atoms with Crippen LogP contribution in [0.3, 0.4) is 0 Å². The number of alkyl carbamates (subject to hydrolysis) is 1. The van der Waals surface area contributed by atoms with Crippen LogP contribution in [-0.2, 0) is 25.7 Å². The van der Waals surface area contributed by atoms with Crippen LogP contribution < -0.4 is 5.32 Å². The van der Waals surface area contributed by atoms with Crippen molar-refractivity contribution < 1.29 is 29.0 Å². The molecule has 0 spiro atoms. The van der Waals surface area contributed by atoms with Crippen LogP contribution >= 0.6 is 0 Å². The lowest BCUT2D eigenvalue weighted by molar-refractivity contribution is -0.140. The molecule has 0 aromatic heterocycles. The highest BCUT2D eigenvalue weighted by Gasteiger charge is 2.36. The Hall–Kier alpha value is -4.17. The number of hydrogen-bond acceptors (Lipinski definition) is 5. The van der Waals surface area contributed by atoms with Gasteiger partial charge in [0.1, 0.15) is 12.6 Å². The smallest absolute Gasteiger partial charge is 0.407 e. The minimum Gasteiger partial charge on any atom is -0.481 e. The van der Waals surface area contributed by atoms with Crippen molar-refractivity contribution in [1.82, 2.24) is 10.2 Å². The molecule has 1 saturated carbocycles. The monoisotopic (exact) mass is 556 g/mol. The summed E-state index contributed by atoms with van der Waals surface area (Å²) in [4.78, 5) is 39.8. The van der Waals surface area contributed by atoms with Gasteiger partial charge in [-0.1, -0.05) is 78.9 Å². The molecule has 3 aromatic rings. The lowest BCUT2D eigenvalue weighted by Crippen LogP contribution is -2.55. The van der Waals surface area contributed by atoms with Crippen molar-refractivity contribution in [2.75, 3.05) is 19.7 Å². The van der Waals surface area contributed by atoms with Gasteiger partial charge in [0.25, 0.3) is 0 Å². The van der Waals surface area contributed by atoms with Crippen molar-refractivity contribution in [2.45, 2.75) is 50.9 Å². The summed E-state index contributed by atoms with van der Waals surface area (Å²) in [5.41, 5.74) is 5.38. The summed E-state index contributed by atoms with van der Waals surface area (Å²) in [6.07, 6.45) is 0.428. The molecular formula is C33H36N2O6. The van der Waals surface area contributed by atoms with E-state index in [1.165, 1.54) is 0 Å². The fraction of sp³-hybridized carbons (Fsp3) is 0.364. The summed E-state index contributed by atoms with van der Waals surface area (Å²) in [5.74, 6) is -1.11. The number of carbonyl (C=O) groups excluding carboxylic acids is 2. The van der Waals surface area contributed by atoms with Gasteiger partial charge in [-0.15, -0.1) is 0 Å². The first-order valence-corrected chi connectivity index (χ1v) is 14.2. The van der Waals surface area contributed by atoms with E-state index in [1.54, 1.807) is 11.8 Å². The van der Waals surface area contributed by atoms with E-state index in [1.807, 2.05) is 66.7 Å². The lowest BCUT2D eigenvalue weighted by Gasteiger charge is -2.31. The van der Waals surface area contributed by atoms with E-state index < -0.39 is 24.2 Å². The topological polar surface area (TPSA) is 105 Å². The quantitative estimate of drug-likeness (QED) is 0.299. The van der Waals surface area contributed by atoms with Crippen LogP contribution in [0.1, 0.15) is 48.8 Å². The van der Waals surface area contributed by atoms with Gasteiger partial charge in [0.05, 0.1) is 19.1 Å². The molecule has 41 heavy (non-hydrogen) atoms. The number of fused-ring (bicyclic) bond motifs is 3. The van der Waals surface area contributed by atoms with E-state index in [4.69, 9.17) is 9.47 Å². The molecule has 0 aliphatic heterocycles. The zero-order chi connectivity index (χ0) is 28.8. The molecule has 2 unspecified atom stereocenters. The first kappa shape index (κ1) is 28.4. The van der Waals surface area contributed by atoms with Crippen molar-refractivity contribution in [3.63, 3.8) is 0 Å². The third kappa shape index (κ3) is 7.13. The molecule has 214 valence electrons. The van der Waals surface area contributed by atoms with Crippen LogP contribution in [-0.4, -0.2) is 59.8 Å². The predicted molar refractivity (Wildman–Crippen MR) is 154 cm³/mol. The van der Waals surface area contributed by atoms with Crippen LogP contribution in [0.4, 0.5) is 4.79 Å². The van der Waals surface area contributed by atoms with Gasteiger partial charge in [-0.25, -0.2) is 4.79 Å². The summed E-state index contributed by atoms with van der Waals surface area (Å²) >= 11 is 0. The second kappa shape index (κ2) is 13.0. The number of aliphatic carboxylic acids is 1. The number of carboxylic acids is 1. The Morgan fingerprint density at radius 2 is 1.54 bits per heavy atom. The van der Waals surface area contributed by atoms with Gasteiger partial charge in [0, 0.05) is 19.0 Å². The number of rotatable bonds is 13. The van der Waals surface area contributed by atoms with Crippen molar-refractivity contribution in [1.29, 1.82) is 0 Å². The Morgan fingerprint density at radius 1 is 0.927 bits per heavy atom. The van der Waals surface area contributed by atoms with Crippen LogP contribution in [0.2, 0.25) is 0 Å². The average Bonchev–Trinajstić information content (AvgIpc) is 3.76. The van der Waals surface area contributed by atoms with Crippen LogP contribution in [0.25, 0.3) is 11.1 Å². The highest BCUT2D eigenvalue weighted by atomic mass is 16.5. The van der Waals surface area contributed by atoms with Crippen molar-refractivity contribution in [2.24, 2.45) is 5.92 Å². The number of carbonyl (C=O) groups is 3. The maximum Gasteiger partial charge on any atom is 0.407 e. The van der Waals surface area contributed by atoms with Crippen LogP contribution in [0.15, 0.2) is 78.9 Å². The summed E-state index contributed by atoms with van der Waals surface area (Å²) in [7, 11) is 0. The SMILES string of the molecule is CC(OCc1ccccc1)C(NC(=O)OCC1c2ccccc2-c2ccccc21)C(=O)N(CCC(=O)O)CC1CC1. The minimum atomic E-state index is -1.04. The fourth-order valence-electron chi connectivity index (χ4n) is 5.38. The number of nitrogens with one attached hydrogen (secondary N) is 1. The Labute approximate surface area is 240 Å². The largest absolute Gasteiger partial charge is 0.481 e. The second-order valence-electron chi connectivity index (χ2n) is 10.8. The second-order valence-corrected chi connectivity index (χ2v) is 10.8. The highest BCUT2D eigenvalue weighted by molar-refractivity contribution is 5.87. The van der Waals surface area contributed by atoms with Gasteiger partial charge >= 0.3 is 12.1 Å². The maximum atomic E-state index is 13.8. The fourth-order valence-corrected chi connectivity index (χ4v) is 5.38. The summed E-state index contributed by atoms with van der Waals surface area (Å²) in [6.45, 7) is 2.64. The molecule has 0 heterocycles. The Balaban J connectivity index is 1.29. The third-order valence-electron chi connectivity index (χ3n) is 7.79. The molecule has 1 fully saturated rings. The number of hydrogen-bond donors (Lipinski definition) is 2. The van der Waals surface area contributed by atoms with Gasteiger partial charge in [0.15, 0.2) is 0 Å². The Bertz CT molecular complexity index is 1330. The number of amides is 2. The zero-order valence-corrected chi connectivity index (χ0v) is 23.2. The average molecular weight is 557 g/mol. The van der Waals surface area contributed by atoms with E-state index in [9.17, 15) is 19.5 Å². The van der Waals surface area contributed by atoms with Gasteiger partial charge in [-0.05, 0) is 53.5 Å². The molecule has 0 radical (unpaired) electrons. The molecule has 5 rings (SSSR count). The normalized spacial score (nSPS) is 15.3. The van der Waals surface area contributed by atoms with Crippen molar-refractivity contribution >= 4 is 18.0 Å². The van der Waals surface area contributed by atoms with Gasteiger partial charge in [0.2, 0.25) is 5.91 Å².